The van der Waals surface area contributed by atoms with Crippen LogP contribution in [-0.4, -0.2) is 48.0 Å². The van der Waals surface area contributed by atoms with Gasteiger partial charge in [-0.2, -0.15) is 0 Å². The van der Waals surface area contributed by atoms with Crippen molar-refractivity contribution in [2.45, 2.75) is 81.5 Å². The summed E-state index contributed by atoms with van der Waals surface area (Å²) >= 11 is 0. The third-order valence-electron chi connectivity index (χ3n) is 7.44. The van der Waals surface area contributed by atoms with Gasteiger partial charge in [-0.25, -0.2) is 17.8 Å². The van der Waals surface area contributed by atoms with Crippen molar-refractivity contribution in [1.29, 1.82) is 0 Å². The molecule has 1 aromatic carbocycles. The van der Waals surface area contributed by atoms with Gasteiger partial charge in [0.1, 0.15) is 5.82 Å². The normalized spacial score (nSPS) is 21.0. The first kappa shape index (κ1) is 24.4. The van der Waals surface area contributed by atoms with Crippen LogP contribution in [0.2, 0.25) is 0 Å². The van der Waals surface area contributed by atoms with Gasteiger partial charge in [-0.15, -0.1) is 0 Å². The Kier molecular flexibility index (Phi) is 7.25. The standard InChI is InChI=1S/C26H34FN3O4S/c27-24-10-4-3-8-21(24)18-35(32,33)26-28-14-22(30(26)17-23-9-5-13-34-23)16-29(15-19-11-12-19)25(31)20-6-1-2-7-20/h3-4,8,10,14,19-20,23H,1-2,5-7,9,11-13,15-18H2/t23-/m0/s1. The van der Waals surface area contributed by atoms with Gasteiger partial charge < -0.3 is 14.2 Å². The number of imidazole rings is 1. The van der Waals surface area contributed by atoms with E-state index in [1.165, 1.54) is 18.2 Å². The third-order valence-corrected chi connectivity index (χ3v) is 9.01. The van der Waals surface area contributed by atoms with E-state index in [9.17, 15) is 17.6 Å². The zero-order chi connectivity index (χ0) is 24.4. The summed E-state index contributed by atoms with van der Waals surface area (Å²) in [5.41, 5.74) is 0.812. The second-order valence-corrected chi connectivity index (χ2v) is 12.2. The summed E-state index contributed by atoms with van der Waals surface area (Å²) in [7, 11) is -3.92. The van der Waals surface area contributed by atoms with E-state index in [0.717, 1.165) is 51.4 Å². The number of carbonyl (C=O) groups excluding carboxylic acids is 1. The number of benzene rings is 1. The molecule has 1 atom stereocenters. The molecule has 0 radical (unpaired) electrons. The van der Waals surface area contributed by atoms with Crippen LogP contribution in [-0.2, 0) is 38.2 Å². The molecular weight excluding hydrogens is 469 g/mol. The Morgan fingerprint density at radius 1 is 1.11 bits per heavy atom. The summed E-state index contributed by atoms with van der Waals surface area (Å²) < 4.78 is 48.6. The van der Waals surface area contributed by atoms with Crippen molar-refractivity contribution < 1.29 is 22.3 Å². The SMILES string of the molecule is O=C(C1CCCC1)N(Cc1cnc(S(=O)(=O)Cc2ccccc2F)n1C[C@@H]1CCCO1)CC1CC1. The summed E-state index contributed by atoms with van der Waals surface area (Å²) in [6.45, 7) is 2.05. The lowest BCUT2D eigenvalue weighted by atomic mass is 10.1. The van der Waals surface area contributed by atoms with E-state index in [0.29, 0.717) is 37.9 Å². The molecule has 1 aliphatic heterocycles. The number of sulfone groups is 1. The molecule has 9 heteroatoms. The van der Waals surface area contributed by atoms with Gasteiger partial charge >= 0.3 is 0 Å². The van der Waals surface area contributed by atoms with Crippen molar-refractivity contribution in [3.05, 3.63) is 47.5 Å². The predicted octanol–water partition coefficient (Wildman–Crippen LogP) is 4.10. The second-order valence-electron chi connectivity index (χ2n) is 10.3. The fraction of sp³-hybridized carbons (Fsp3) is 0.615. The highest BCUT2D eigenvalue weighted by Crippen LogP contribution is 2.33. The molecule has 0 unspecified atom stereocenters. The average Bonchev–Trinajstić information content (AvgIpc) is 3.24. The molecule has 1 amide bonds. The lowest BCUT2D eigenvalue weighted by Gasteiger charge is -2.27. The number of rotatable bonds is 10. The largest absolute Gasteiger partial charge is 0.376 e. The van der Waals surface area contributed by atoms with Gasteiger partial charge in [0.15, 0.2) is 0 Å². The van der Waals surface area contributed by atoms with Gasteiger partial charge in [0.05, 0.1) is 36.8 Å². The van der Waals surface area contributed by atoms with Crippen LogP contribution in [0.25, 0.3) is 0 Å². The minimum Gasteiger partial charge on any atom is -0.376 e. The smallest absolute Gasteiger partial charge is 0.228 e. The molecule has 2 aliphatic carbocycles. The van der Waals surface area contributed by atoms with Gasteiger partial charge in [-0.05, 0) is 50.5 Å². The van der Waals surface area contributed by atoms with Crippen molar-refractivity contribution in [1.82, 2.24) is 14.5 Å². The molecule has 1 saturated heterocycles. The van der Waals surface area contributed by atoms with Crippen molar-refractivity contribution >= 4 is 15.7 Å². The lowest BCUT2D eigenvalue weighted by Crippen LogP contribution is -2.37. The van der Waals surface area contributed by atoms with E-state index in [1.54, 1.807) is 16.8 Å². The van der Waals surface area contributed by atoms with Crippen molar-refractivity contribution in [3.63, 3.8) is 0 Å². The Hall–Kier alpha value is -2.26. The monoisotopic (exact) mass is 503 g/mol. The van der Waals surface area contributed by atoms with E-state index < -0.39 is 21.4 Å². The quantitative estimate of drug-likeness (QED) is 0.488. The van der Waals surface area contributed by atoms with E-state index in [-0.39, 0.29) is 28.6 Å². The molecule has 3 fully saturated rings. The molecule has 2 aromatic rings. The summed E-state index contributed by atoms with van der Waals surface area (Å²) in [6.07, 6.45) is 9.54. The van der Waals surface area contributed by atoms with Crippen LogP contribution >= 0.6 is 0 Å². The molecule has 0 N–H and O–H groups in total. The number of carbonyl (C=O) groups is 1. The summed E-state index contributed by atoms with van der Waals surface area (Å²) in [4.78, 5) is 19.6. The summed E-state index contributed by atoms with van der Waals surface area (Å²) in [5.74, 6) is -0.248. The average molecular weight is 504 g/mol. The molecule has 0 bridgehead atoms. The van der Waals surface area contributed by atoms with E-state index in [1.807, 2.05) is 4.90 Å². The number of amides is 1. The van der Waals surface area contributed by atoms with Crippen LogP contribution in [0.1, 0.15) is 62.6 Å². The van der Waals surface area contributed by atoms with Crippen molar-refractivity contribution in [2.75, 3.05) is 13.2 Å². The highest BCUT2D eigenvalue weighted by Gasteiger charge is 2.34. The molecule has 5 rings (SSSR count). The van der Waals surface area contributed by atoms with Gasteiger partial charge in [0, 0.05) is 24.6 Å². The first-order valence-electron chi connectivity index (χ1n) is 12.8. The Bertz CT molecular complexity index is 1150. The Labute approximate surface area is 206 Å². The number of hydrogen-bond acceptors (Lipinski definition) is 5. The van der Waals surface area contributed by atoms with Crippen LogP contribution in [0, 0.1) is 17.7 Å². The lowest BCUT2D eigenvalue weighted by molar-refractivity contribution is -0.136. The fourth-order valence-corrected chi connectivity index (χ4v) is 6.82. The number of nitrogens with zero attached hydrogens (tertiary/aromatic N) is 3. The molecule has 190 valence electrons. The summed E-state index contributed by atoms with van der Waals surface area (Å²) in [5, 5.41) is -0.0778. The zero-order valence-electron chi connectivity index (χ0n) is 20.1. The third kappa shape index (κ3) is 5.77. The van der Waals surface area contributed by atoms with E-state index >= 15 is 0 Å². The Balaban J connectivity index is 1.44. The first-order chi connectivity index (χ1) is 16.9. The van der Waals surface area contributed by atoms with Gasteiger partial charge in [-0.1, -0.05) is 31.0 Å². The molecule has 35 heavy (non-hydrogen) atoms. The number of hydrogen-bond donors (Lipinski definition) is 0. The van der Waals surface area contributed by atoms with Gasteiger partial charge in [-0.3, -0.25) is 4.79 Å². The van der Waals surface area contributed by atoms with E-state index in [4.69, 9.17) is 4.74 Å². The summed E-state index contributed by atoms with van der Waals surface area (Å²) in [6, 6.07) is 5.92. The van der Waals surface area contributed by atoms with Crippen LogP contribution < -0.4 is 0 Å². The molecule has 7 nitrogen and oxygen atoms in total. The molecule has 2 saturated carbocycles. The molecular formula is C26H34FN3O4S. The maximum atomic E-state index is 14.2. The van der Waals surface area contributed by atoms with Crippen molar-refractivity contribution in [2.24, 2.45) is 11.8 Å². The highest BCUT2D eigenvalue weighted by atomic mass is 32.2. The van der Waals surface area contributed by atoms with Crippen LogP contribution in [0.15, 0.2) is 35.6 Å². The minimum absolute atomic E-state index is 0.0625. The fourth-order valence-electron chi connectivity index (χ4n) is 5.31. The number of ether oxygens (including phenoxy) is 1. The molecule has 0 spiro atoms. The number of aromatic nitrogens is 2. The molecule has 3 aliphatic rings. The second kappa shape index (κ2) is 10.4. The highest BCUT2D eigenvalue weighted by molar-refractivity contribution is 7.90. The van der Waals surface area contributed by atoms with Crippen LogP contribution in [0.3, 0.4) is 0 Å². The zero-order valence-corrected chi connectivity index (χ0v) is 20.9. The Morgan fingerprint density at radius 2 is 1.89 bits per heavy atom. The Morgan fingerprint density at radius 3 is 2.57 bits per heavy atom. The van der Waals surface area contributed by atoms with Gasteiger partial charge in [0.25, 0.3) is 0 Å². The van der Waals surface area contributed by atoms with Crippen LogP contribution in [0.5, 0.6) is 0 Å². The van der Waals surface area contributed by atoms with Crippen molar-refractivity contribution in [3.8, 4) is 0 Å². The maximum Gasteiger partial charge on any atom is 0.228 e. The van der Waals surface area contributed by atoms with E-state index in [2.05, 4.69) is 4.98 Å². The number of halogens is 1. The van der Waals surface area contributed by atoms with Crippen LogP contribution in [0.4, 0.5) is 4.39 Å². The minimum atomic E-state index is -3.92. The van der Waals surface area contributed by atoms with Gasteiger partial charge in [0.2, 0.25) is 20.9 Å². The maximum absolute atomic E-state index is 14.2. The first-order valence-corrected chi connectivity index (χ1v) is 14.5. The molecule has 2 heterocycles. The topological polar surface area (TPSA) is 81.5 Å². The predicted molar refractivity (Wildman–Crippen MR) is 129 cm³/mol. The molecule has 1 aromatic heterocycles.